The second-order valence-electron chi connectivity index (χ2n) is 8.66. The van der Waals surface area contributed by atoms with Gasteiger partial charge < -0.3 is 4.42 Å². The lowest BCUT2D eigenvalue weighted by molar-refractivity contribution is -0.130. The van der Waals surface area contributed by atoms with Crippen molar-refractivity contribution in [1.82, 2.24) is 4.90 Å². The van der Waals surface area contributed by atoms with E-state index in [9.17, 15) is 4.79 Å². The Balaban J connectivity index is 1.31. The van der Waals surface area contributed by atoms with Crippen LogP contribution in [-0.4, -0.2) is 21.2 Å². The van der Waals surface area contributed by atoms with Crippen molar-refractivity contribution in [2.75, 3.05) is 0 Å². The molecule has 1 aromatic heterocycles. The molecule has 0 spiro atoms. The van der Waals surface area contributed by atoms with Crippen LogP contribution < -0.4 is 0 Å². The van der Waals surface area contributed by atoms with Gasteiger partial charge in [0.05, 0.1) is 4.91 Å². The first kappa shape index (κ1) is 16.4. The molecule has 1 amide bonds. The molecule has 5 heteroatoms. The number of rotatable bonds is 2. The maximum absolute atomic E-state index is 13.3. The summed E-state index contributed by atoms with van der Waals surface area (Å²) in [4.78, 5) is 15.9. The van der Waals surface area contributed by atoms with Gasteiger partial charge in [-0.2, -0.15) is 0 Å². The van der Waals surface area contributed by atoms with Gasteiger partial charge in [-0.3, -0.25) is 9.69 Å². The van der Waals surface area contributed by atoms with Crippen LogP contribution in [0.5, 0.6) is 0 Å². The van der Waals surface area contributed by atoms with Crippen molar-refractivity contribution in [3.05, 3.63) is 41.0 Å². The molecule has 2 heterocycles. The van der Waals surface area contributed by atoms with Gasteiger partial charge in [0.15, 0.2) is 0 Å². The summed E-state index contributed by atoms with van der Waals surface area (Å²) >= 11 is 7.11. The number of nitrogens with zero attached hydrogens (tertiary/aromatic N) is 1. The zero-order chi connectivity index (χ0) is 18.1. The second kappa shape index (κ2) is 5.95. The summed E-state index contributed by atoms with van der Waals surface area (Å²) in [6.07, 6.45) is 8.45. The molecule has 4 saturated carbocycles. The predicted octanol–water partition coefficient (Wildman–Crippen LogP) is 5.46. The van der Waals surface area contributed by atoms with Crippen molar-refractivity contribution < 1.29 is 9.21 Å². The molecular weight excluding hydrogens is 374 g/mol. The topological polar surface area (TPSA) is 33.5 Å². The molecule has 1 aliphatic heterocycles. The van der Waals surface area contributed by atoms with Gasteiger partial charge in [0.2, 0.25) is 0 Å². The monoisotopic (exact) mass is 395 g/mol. The van der Waals surface area contributed by atoms with Gasteiger partial charge in [-0.25, -0.2) is 0 Å². The highest BCUT2D eigenvalue weighted by Crippen LogP contribution is 2.56. The van der Waals surface area contributed by atoms with Gasteiger partial charge in [-0.15, -0.1) is 0 Å². The molecule has 0 N–H and O–H groups in total. The number of fused-ring (bicyclic) bond motifs is 1. The third-order valence-electron chi connectivity index (χ3n) is 7.02. The SMILES string of the molecule is O=C1C(=Cc2cc3ccccc3o2)SC(=S)N1C1C2CC3CC(C2)CC1C3. The first-order valence-corrected chi connectivity index (χ1v) is 11.1. The molecule has 1 saturated heterocycles. The Morgan fingerprint density at radius 2 is 1.78 bits per heavy atom. The van der Waals surface area contributed by atoms with Crippen LogP contribution in [0.25, 0.3) is 17.0 Å². The van der Waals surface area contributed by atoms with Crippen molar-refractivity contribution in [1.29, 1.82) is 0 Å². The first-order valence-electron chi connectivity index (χ1n) is 9.91. The summed E-state index contributed by atoms with van der Waals surface area (Å²) in [6, 6.07) is 10.2. The van der Waals surface area contributed by atoms with Crippen LogP contribution in [0, 0.1) is 23.7 Å². The van der Waals surface area contributed by atoms with E-state index in [0.717, 1.165) is 32.9 Å². The van der Waals surface area contributed by atoms with E-state index in [1.807, 2.05) is 41.3 Å². The van der Waals surface area contributed by atoms with Crippen LogP contribution in [-0.2, 0) is 4.79 Å². The summed E-state index contributed by atoms with van der Waals surface area (Å²) in [6.45, 7) is 0. The molecule has 7 rings (SSSR count). The van der Waals surface area contributed by atoms with E-state index in [-0.39, 0.29) is 5.91 Å². The normalized spacial score (nSPS) is 36.5. The lowest BCUT2D eigenvalue weighted by Gasteiger charge is -2.56. The van der Waals surface area contributed by atoms with Gasteiger partial charge in [0, 0.05) is 17.5 Å². The number of carbonyl (C=O) groups is 1. The number of benzene rings is 1. The molecule has 5 fully saturated rings. The van der Waals surface area contributed by atoms with Crippen molar-refractivity contribution >= 4 is 51.3 Å². The van der Waals surface area contributed by atoms with Crippen molar-refractivity contribution in [2.24, 2.45) is 23.7 Å². The fourth-order valence-electron chi connectivity index (χ4n) is 6.26. The minimum absolute atomic E-state index is 0.0860. The number of amides is 1. The van der Waals surface area contributed by atoms with Gasteiger partial charge in [0.1, 0.15) is 15.7 Å². The van der Waals surface area contributed by atoms with E-state index in [1.165, 1.54) is 43.9 Å². The maximum atomic E-state index is 13.3. The predicted molar refractivity (Wildman–Crippen MR) is 112 cm³/mol. The Kier molecular flexibility index (Phi) is 3.61. The fourth-order valence-corrected chi connectivity index (χ4v) is 7.58. The number of furan rings is 1. The number of hydrogen-bond acceptors (Lipinski definition) is 4. The minimum Gasteiger partial charge on any atom is -0.457 e. The van der Waals surface area contributed by atoms with Crippen molar-refractivity contribution in [3.8, 4) is 0 Å². The largest absolute Gasteiger partial charge is 0.457 e. The zero-order valence-corrected chi connectivity index (χ0v) is 16.6. The van der Waals surface area contributed by atoms with E-state index in [0.29, 0.717) is 22.8 Å². The Labute approximate surface area is 168 Å². The van der Waals surface area contributed by atoms with Crippen LogP contribution in [0.15, 0.2) is 39.7 Å². The van der Waals surface area contributed by atoms with E-state index in [1.54, 1.807) is 0 Å². The molecule has 2 aromatic rings. The number of thioether (sulfide) groups is 1. The third kappa shape index (κ3) is 2.54. The van der Waals surface area contributed by atoms with Crippen LogP contribution in [0.4, 0.5) is 0 Å². The summed E-state index contributed by atoms with van der Waals surface area (Å²) in [5, 5.41) is 1.06. The number of carbonyl (C=O) groups excluding carboxylic acids is 1. The molecule has 4 bridgehead atoms. The molecule has 5 aliphatic rings. The molecule has 138 valence electrons. The van der Waals surface area contributed by atoms with Crippen molar-refractivity contribution in [3.63, 3.8) is 0 Å². The standard InChI is InChI=1S/C22H21NO2S2/c24-21-19(11-17-10-14-3-1-2-4-18(14)25-17)27-22(26)23(21)20-15-6-12-5-13(8-15)9-16(20)7-12/h1-4,10-13,15-16,20H,5-9H2. The van der Waals surface area contributed by atoms with E-state index < -0.39 is 0 Å². The van der Waals surface area contributed by atoms with E-state index in [2.05, 4.69) is 0 Å². The molecule has 0 unspecified atom stereocenters. The van der Waals surface area contributed by atoms with Gasteiger partial charge in [-0.1, -0.05) is 42.2 Å². The Morgan fingerprint density at radius 1 is 1.07 bits per heavy atom. The zero-order valence-electron chi connectivity index (χ0n) is 15.0. The summed E-state index contributed by atoms with van der Waals surface area (Å²) < 4.78 is 6.62. The summed E-state index contributed by atoms with van der Waals surface area (Å²) in [7, 11) is 0. The molecule has 3 nitrogen and oxygen atoms in total. The Hall–Kier alpha value is -1.59. The molecule has 1 aromatic carbocycles. The average Bonchev–Trinajstić information content (AvgIpc) is 3.16. The minimum atomic E-state index is 0.0860. The lowest BCUT2D eigenvalue weighted by Crippen LogP contribution is -2.57. The highest BCUT2D eigenvalue weighted by atomic mass is 32.2. The first-order chi connectivity index (χ1) is 13.2. The smallest absolute Gasteiger partial charge is 0.266 e. The maximum Gasteiger partial charge on any atom is 0.266 e. The number of para-hydroxylation sites is 1. The Bertz CT molecular complexity index is 930. The molecule has 0 radical (unpaired) electrons. The Morgan fingerprint density at radius 3 is 2.48 bits per heavy atom. The highest BCUT2D eigenvalue weighted by molar-refractivity contribution is 8.26. The van der Waals surface area contributed by atoms with E-state index >= 15 is 0 Å². The third-order valence-corrected chi connectivity index (χ3v) is 8.35. The summed E-state index contributed by atoms with van der Waals surface area (Å²) in [5.41, 5.74) is 0.847. The molecule has 27 heavy (non-hydrogen) atoms. The summed E-state index contributed by atoms with van der Waals surface area (Å²) in [5.74, 6) is 3.90. The van der Waals surface area contributed by atoms with Crippen LogP contribution in [0.3, 0.4) is 0 Å². The van der Waals surface area contributed by atoms with Crippen LogP contribution in [0.1, 0.15) is 37.9 Å². The molecule has 0 atom stereocenters. The van der Waals surface area contributed by atoms with Crippen LogP contribution >= 0.6 is 24.0 Å². The van der Waals surface area contributed by atoms with Gasteiger partial charge in [-0.05, 0) is 67.9 Å². The van der Waals surface area contributed by atoms with Crippen LogP contribution in [0.2, 0.25) is 0 Å². The number of thiocarbonyl (C=S) groups is 1. The number of hydrogen-bond donors (Lipinski definition) is 0. The fraction of sp³-hybridized carbons (Fsp3) is 0.455. The molecule has 4 aliphatic carbocycles. The quantitative estimate of drug-likeness (QED) is 0.499. The average molecular weight is 396 g/mol. The highest BCUT2D eigenvalue weighted by Gasteiger charge is 2.53. The molecular formula is C22H21NO2S2. The van der Waals surface area contributed by atoms with Gasteiger partial charge >= 0.3 is 0 Å². The second-order valence-corrected chi connectivity index (χ2v) is 10.3. The van der Waals surface area contributed by atoms with E-state index in [4.69, 9.17) is 16.6 Å². The van der Waals surface area contributed by atoms with Crippen molar-refractivity contribution in [2.45, 2.75) is 38.1 Å². The lowest BCUT2D eigenvalue weighted by atomic mass is 9.54. The van der Waals surface area contributed by atoms with Gasteiger partial charge in [0.25, 0.3) is 5.91 Å².